The molecule has 4 aromatic heterocycles. The highest BCUT2D eigenvalue weighted by Crippen LogP contribution is 2.28. The molecule has 4 aromatic rings. The molecule has 0 unspecified atom stereocenters. The molecule has 156 valence electrons. The lowest BCUT2D eigenvalue weighted by atomic mass is 9.91. The summed E-state index contributed by atoms with van der Waals surface area (Å²) in [7, 11) is 0. The van der Waals surface area contributed by atoms with Gasteiger partial charge in [0.1, 0.15) is 5.65 Å². The van der Waals surface area contributed by atoms with Crippen molar-refractivity contribution < 1.29 is 4.79 Å². The van der Waals surface area contributed by atoms with Crippen LogP contribution in [0, 0.1) is 0 Å². The molecule has 1 amide bonds. The number of hydrogen-bond acceptors (Lipinski definition) is 5. The van der Waals surface area contributed by atoms with E-state index in [4.69, 9.17) is 0 Å². The average Bonchev–Trinajstić information content (AvgIpc) is 3.25. The molecule has 2 N–H and O–H groups in total. The molecule has 4 heterocycles. The number of nitrogens with zero attached hydrogens (tertiary/aromatic N) is 4. The lowest BCUT2D eigenvalue weighted by Gasteiger charge is -2.29. The van der Waals surface area contributed by atoms with Crippen molar-refractivity contribution in [2.45, 2.75) is 37.8 Å². The standard InChI is InChI=1S/C23H22N6O2/c30-21-8-7-20(15-9-12-24-13-10-15)28-29(21)17-5-3-16(4-6-17)27-23(31)19-14-26-22-18(19)2-1-11-25-22/h1-2,7-14,16-17H,3-6H2,(H,25,26)(H,27,31). The third kappa shape index (κ3) is 3.84. The minimum Gasteiger partial charge on any atom is -0.349 e. The van der Waals surface area contributed by atoms with Gasteiger partial charge in [0, 0.05) is 47.8 Å². The van der Waals surface area contributed by atoms with Gasteiger partial charge < -0.3 is 10.3 Å². The van der Waals surface area contributed by atoms with E-state index in [9.17, 15) is 9.59 Å². The first-order valence-corrected chi connectivity index (χ1v) is 10.4. The molecule has 1 aliphatic carbocycles. The van der Waals surface area contributed by atoms with Gasteiger partial charge in [-0.1, -0.05) is 0 Å². The second-order valence-electron chi connectivity index (χ2n) is 7.82. The summed E-state index contributed by atoms with van der Waals surface area (Å²) >= 11 is 0. The van der Waals surface area contributed by atoms with E-state index in [0.717, 1.165) is 42.3 Å². The molecule has 0 aliphatic heterocycles. The number of hydrogen-bond donors (Lipinski definition) is 2. The molecule has 0 atom stereocenters. The quantitative estimate of drug-likeness (QED) is 0.534. The number of pyridine rings is 2. The highest BCUT2D eigenvalue weighted by atomic mass is 16.2. The molecule has 8 nitrogen and oxygen atoms in total. The molecule has 5 rings (SSSR count). The number of nitrogens with one attached hydrogen (secondary N) is 2. The number of aromatic nitrogens is 5. The number of H-pyrrole nitrogens is 1. The fourth-order valence-electron chi connectivity index (χ4n) is 4.24. The Morgan fingerprint density at radius 3 is 2.65 bits per heavy atom. The summed E-state index contributed by atoms with van der Waals surface area (Å²) < 4.78 is 1.60. The van der Waals surface area contributed by atoms with Crippen molar-refractivity contribution in [2.24, 2.45) is 0 Å². The summed E-state index contributed by atoms with van der Waals surface area (Å²) in [6.07, 6.45) is 9.98. The highest BCUT2D eigenvalue weighted by molar-refractivity contribution is 6.05. The molecule has 0 bridgehead atoms. The Balaban J connectivity index is 1.26. The third-order valence-electron chi connectivity index (χ3n) is 5.87. The zero-order valence-electron chi connectivity index (χ0n) is 16.9. The van der Waals surface area contributed by atoms with Gasteiger partial charge in [0.25, 0.3) is 11.5 Å². The highest BCUT2D eigenvalue weighted by Gasteiger charge is 2.26. The average molecular weight is 414 g/mol. The SMILES string of the molecule is O=C(NC1CCC(n2nc(-c3ccncc3)ccc2=O)CC1)c1c[nH]c2ncccc12. The molecule has 1 aliphatic rings. The Labute approximate surface area is 178 Å². The van der Waals surface area contributed by atoms with E-state index in [1.807, 2.05) is 24.3 Å². The van der Waals surface area contributed by atoms with Crippen molar-refractivity contribution in [3.05, 3.63) is 77.1 Å². The van der Waals surface area contributed by atoms with Crippen LogP contribution in [0.1, 0.15) is 42.1 Å². The molecular formula is C23H22N6O2. The van der Waals surface area contributed by atoms with Gasteiger partial charge in [0.2, 0.25) is 0 Å². The van der Waals surface area contributed by atoms with Gasteiger partial charge in [0.15, 0.2) is 0 Å². The third-order valence-corrected chi connectivity index (χ3v) is 5.87. The van der Waals surface area contributed by atoms with Gasteiger partial charge in [-0.25, -0.2) is 9.67 Å². The second-order valence-corrected chi connectivity index (χ2v) is 7.82. The molecule has 31 heavy (non-hydrogen) atoms. The fourth-order valence-corrected chi connectivity index (χ4v) is 4.24. The number of aromatic amines is 1. The van der Waals surface area contributed by atoms with Gasteiger partial charge in [-0.05, 0) is 56.0 Å². The maximum atomic E-state index is 12.8. The minimum absolute atomic E-state index is 0.0275. The number of rotatable bonds is 4. The van der Waals surface area contributed by atoms with Crippen molar-refractivity contribution >= 4 is 16.9 Å². The van der Waals surface area contributed by atoms with Gasteiger partial charge in [0.05, 0.1) is 17.3 Å². The Kier molecular flexibility index (Phi) is 5.03. The smallest absolute Gasteiger partial charge is 0.267 e. The second kappa shape index (κ2) is 8.14. The first-order chi connectivity index (χ1) is 15.2. The maximum absolute atomic E-state index is 12.8. The van der Waals surface area contributed by atoms with Gasteiger partial charge >= 0.3 is 0 Å². The van der Waals surface area contributed by atoms with Crippen LogP contribution in [0.25, 0.3) is 22.3 Å². The lowest BCUT2D eigenvalue weighted by molar-refractivity contribution is 0.0923. The molecule has 0 saturated heterocycles. The van der Waals surface area contributed by atoms with E-state index in [1.54, 1.807) is 41.6 Å². The van der Waals surface area contributed by atoms with E-state index in [-0.39, 0.29) is 23.6 Å². The molecule has 0 aromatic carbocycles. The largest absolute Gasteiger partial charge is 0.349 e. The predicted octanol–water partition coefficient (Wildman–Crippen LogP) is 3.10. The summed E-state index contributed by atoms with van der Waals surface area (Å²) in [6, 6.07) is 10.9. The van der Waals surface area contributed by atoms with E-state index < -0.39 is 0 Å². The summed E-state index contributed by atoms with van der Waals surface area (Å²) in [6.45, 7) is 0. The summed E-state index contributed by atoms with van der Waals surface area (Å²) in [5, 5.41) is 8.56. The minimum atomic E-state index is -0.100. The van der Waals surface area contributed by atoms with Crippen LogP contribution < -0.4 is 10.9 Å². The predicted molar refractivity (Wildman–Crippen MR) is 117 cm³/mol. The van der Waals surface area contributed by atoms with Crippen molar-refractivity contribution in [3.63, 3.8) is 0 Å². The van der Waals surface area contributed by atoms with Crippen molar-refractivity contribution in [1.29, 1.82) is 0 Å². The Bertz CT molecular complexity index is 1270. The van der Waals surface area contributed by atoms with Crippen molar-refractivity contribution in [3.8, 4) is 11.3 Å². The van der Waals surface area contributed by atoms with E-state index >= 15 is 0 Å². The lowest BCUT2D eigenvalue weighted by Crippen LogP contribution is -2.39. The zero-order chi connectivity index (χ0) is 21.2. The topological polar surface area (TPSA) is 106 Å². The Hall–Kier alpha value is -3.81. The molecule has 1 fully saturated rings. The fraction of sp³-hybridized carbons (Fsp3) is 0.261. The first-order valence-electron chi connectivity index (χ1n) is 10.4. The van der Waals surface area contributed by atoms with Crippen LogP contribution in [0.3, 0.4) is 0 Å². The van der Waals surface area contributed by atoms with Crippen LogP contribution in [0.2, 0.25) is 0 Å². The van der Waals surface area contributed by atoms with Crippen LogP contribution in [-0.4, -0.2) is 36.7 Å². The normalized spacial score (nSPS) is 18.7. The number of fused-ring (bicyclic) bond motifs is 1. The maximum Gasteiger partial charge on any atom is 0.267 e. The summed E-state index contributed by atoms with van der Waals surface area (Å²) in [4.78, 5) is 36.5. The van der Waals surface area contributed by atoms with Crippen LogP contribution in [0.4, 0.5) is 0 Å². The van der Waals surface area contributed by atoms with Gasteiger partial charge in [-0.2, -0.15) is 5.10 Å². The van der Waals surface area contributed by atoms with Crippen LogP contribution in [0.5, 0.6) is 0 Å². The van der Waals surface area contributed by atoms with Gasteiger partial charge in [-0.15, -0.1) is 0 Å². The summed E-state index contributed by atoms with van der Waals surface area (Å²) in [5.74, 6) is -0.0994. The van der Waals surface area contributed by atoms with E-state index in [2.05, 4.69) is 25.4 Å². The number of carbonyl (C=O) groups is 1. The molecule has 1 saturated carbocycles. The van der Waals surface area contributed by atoms with Crippen molar-refractivity contribution in [1.82, 2.24) is 30.0 Å². The van der Waals surface area contributed by atoms with Gasteiger partial charge in [-0.3, -0.25) is 14.6 Å². The number of carbonyl (C=O) groups excluding carboxylic acids is 1. The first kappa shape index (κ1) is 19.2. The van der Waals surface area contributed by atoms with Crippen molar-refractivity contribution in [2.75, 3.05) is 0 Å². The Morgan fingerprint density at radius 1 is 1.03 bits per heavy atom. The molecule has 0 radical (unpaired) electrons. The summed E-state index contributed by atoms with van der Waals surface area (Å²) in [5.41, 5.74) is 2.89. The molecule has 0 spiro atoms. The van der Waals surface area contributed by atoms with E-state index in [0.29, 0.717) is 11.2 Å². The van der Waals surface area contributed by atoms with Crippen LogP contribution in [-0.2, 0) is 0 Å². The Morgan fingerprint density at radius 2 is 1.84 bits per heavy atom. The molecule has 8 heteroatoms. The number of amides is 1. The zero-order valence-corrected chi connectivity index (χ0v) is 16.9. The van der Waals surface area contributed by atoms with Crippen LogP contribution >= 0.6 is 0 Å². The van der Waals surface area contributed by atoms with E-state index in [1.165, 1.54) is 0 Å². The molecular weight excluding hydrogens is 392 g/mol. The monoisotopic (exact) mass is 414 g/mol. The van der Waals surface area contributed by atoms with Crippen LogP contribution in [0.15, 0.2) is 66.0 Å².